The number of rotatable bonds is 5. The molecule has 0 spiro atoms. The Kier molecular flexibility index (Phi) is 4.44. The fraction of sp³-hybridized carbons (Fsp3) is 0.357. The van der Waals surface area contributed by atoms with Crippen LogP contribution in [0.25, 0.3) is 5.69 Å². The van der Waals surface area contributed by atoms with E-state index in [2.05, 4.69) is 15.4 Å². The van der Waals surface area contributed by atoms with Crippen LogP contribution in [0.1, 0.15) is 13.8 Å². The summed E-state index contributed by atoms with van der Waals surface area (Å²) in [6, 6.07) is 3.75. The van der Waals surface area contributed by atoms with Gasteiger partial charge in [-0.05, 0) is 18.4 Å². The molecule has 0 aliphatic heterocycles. The summed E-state index contributed by atoms with van der Waals surface area (Å²) in [7, 11) is 0. The van der Waals surface area contributed by atoms with E-state index in [4.69, 9.17) is 0 Å². The van der Waals surface area contributed by atoms with Crippen LogP contribution < -0.4 is 5.32 Å². The molecule has 20 heavy (non-hydrogen) atoms. The second kappa shape index (κ2) is 6.09. The Morgan fingerprint density at radius 2 is 2.25 bits per heavy atom. The van der Waals surface area contributed by atoms with Crippen molar-refractivity contribution in [2.45, 2.75) is 13.8 Å². The van der Waals surface area contributed by atoms with Gasteiger partial charge in [0.2, 0.25) is 5.91 Å². The average molecular weight is 290 g/mol. The van der Waals surface area contributed by atoms with E-state index < -0.39 is 5.41 Å². The number of nitrogens with one attached hydrogen (secondary N) is 1. The lowest BCUT2D eigenvalue weighted by atomic mass is 9.95. The van der Waals surface area contributed by atoms with Crippen molar-refractivity contribution in [3.63, 3.8) is 0 Å². The summed E-state index contributed by atoms with van der Waals surface area (Å²) in [5, 5.41) is 7.13. The Morgan fingerprint density at radius 1 is 1.45 bits per heavy atom. The lowest BCUT2D eigenvalue weighted by Gasteiger charge is -2.21. The van der Waals surface area contributed by atoms with Crippen molar-refractivity contribution < 1.29 is 4.79 Å². The van der Waals surface area contributed by atoms with Crippen LogP contribution in [-0.2, 0) is 4.79 Å². The third-order valence-electron chi connectivity index (χ3n) is 2.87. The third-order valence-corrected chi connectivity index (χ3v) is 3.88. The first-order chi connectivity index (χ1) is 9.53. The van der Waals surface area contributed by atoms with E-state index >= 15 is 0 Å². The molecule has 2 aromatic heterocycles. The highest BCUT2D eigenvalue weighted by atomic mass is 32.2. The largest absolute Gasteiger partial charge is 0.323 e. The molecule has 0 saturated heterocycles. The molecule has 0 saturated carbocycles. The molecule has 0 aliphatic rings. The SMILES string of the molecule is CSCC(C)(C)C(=O)Nc1cnn(-c2cccnc2)c1. The van der Waals surface area contributed by atoms with Gasteiger partial charge in [-0.3, -0.25) is 9.78 Å². The van der Waals surface area contributed by atoms with E-state index in [9.17, 15) is 4.79 Å². The van der Waals surface area contributed by atoms with E-state index in [1.807, 2.05) is 32.2 Å². The predicted octanol–water partition coefficient (Wildman–Crippen LogP) is 2.60. The standard InChI is InChI=1S/C14H18N4OS/c1-14(2,10-20-3)13(19)17-11-7-16-18(9-11)12-5-4-6-15-8-12/h4-9H,10H2,1-3H3,(H,17,19). The number of anilines is 1. The van der Waals surface area contributed by atoms with Crippen LogP contribution in [0, 0.1) is 5.41 Å². The van der Waals surface area contributed by atoms with Crippen LogP contribution in [-0.4, -0.2) is 32.7 Å². The zero-order valence-electron chi connectivity index (χ0n) is 11.8. The van der Waals surface area contributed by atoms with Gasteiger partial charge in [-0.1, -0.05) is 13.8 Å². The van der Waals surface area contributed by atoms with E-state index in [0.717, 1.165) is 11.4 Å². The van der Waals surface area contributed by atoms with Gasteiger partial charge in [-0.25, -0.2) is 4.68 Å². The van der Waals surface area contributed by atoms with Crippen molar-refractivity contribution in [2.24, 2.45) is 5.41 Å². The number of pyridine rings is 1. The summed E-state index contributed by atoms with van der Waals surface area (Å²) in [6.07, 6.45) is 8.84. The Morgan fingerprint density at radius 3 is 2.90 bits per heavy atom. The van der Waals surface area contributed by atoms with Crippen LogP contribution in [0.2, 0.25) is 0 Å². The minimum atomic E-state index is -0.407. The Bertz CT molecular complexity index is 580. The van der Waals surface area contributed by atoms with Crippen LogP contribution in [0.15, 0.2) is 36.9 Å². The maximum Gasteiger partial charge on any atom is 0.230 e. The number of nitrogens with zero attached hydrogens (tertiary/aromatic N) is 3. The quantitative estimate of drug-likeness (QED) is 0.919. The molecule has 5 nitrogen and oxygen atoms in total. The predicted molar refractivity (Wildman–Crippen MR) is 82.2 cm³/mol. The number of thioether (sulfide) groups is 1. The van der Waals surface area contributed by atoms with Gasteiger partial charge in [0.25, 0.3) is 0 Å². The molecule has 2 rings (SSSR count). The zero-order valence-corrected chi connectivity index (χ0v) is 12.6. The van der Waals surface area contributed by atoms with Crippen molar-refractivity contribution in [2.75, 3.05) is 17.3 Å². The molecular weight excluding hydrogens is 272 g/mol. The first-order valence-corrected chi connectivity index (χ1v) is 7.68. The highest BCUT2D eigenvalue weighted by Gasteiger charge is 2.27. The monoisotopic (exact) mass is 290 g/mol. The number of aromatic nitrogens is 3. The molecule has 0 aromatic carbocycles. The number of carbonyl (C=O) groups excluding carboxylic acids is 1. The smallest absolute Gasteiger partial charge is 0.230 e. The number of amides is 1. The highest BCUT2D eigenvalue weighted by Crippen LogP contribution is 2.22. The maximum absolute atomic E-state index is 12.2. The number of hydrogen-bond acceptors (Lipinski definition) is 4. The van der Waals surface area contributed by atoms with Gasteiger partial charge in [-0.2, -0.15) is 16.9 Å². The van der Waals surface area contributed by atoms with Gasteiger partial charge in [0.15, 0.2) is 0 Å². The molecule has 106 valence electrons. The molecule has 1 amide bonds. The topological polar surface area (TPSA) is 59.8 Å². The molecule has 0 atom stereocenters. The van der Waals surface area contributed by atoms with E-state index in [1.165, 1.54) is 0 Å². The minimum absolute atomic E-state index is 0.00223. The molecule has 0 aliphatic carbocycles. The van der Waals surface area contributed by atoms with Crippen molar-refractivity contribution in [1.82, 2.24) is 14.8 Å². The summed E-state index contributed by atoms with van der Waals surface area (Å²) in [5.41, 5.74) is 1.14. The highest BCUT2D eigenvalue weighted by molar-refractivity contribution is 7.98. The fourth-order valence-electron chi connectivity index (χ4n) is 1.74. The molecule has 0 fully saturated rings. The third kappa shape index (κ3) is 3.39. The normalized spacial score (nSPS) is 11.3. The second-order valence-electron chi connectivity index (χ2n) is 5.16. The fourth-order valence-corrected chi connectivity index (χ4v) is 2.60. The summed E-state index contributed by atoms with van der Waals surface area (Å²) in [5.74, 6) is 0.771. The molecule has 2 aromatic rings. The first-order valence-electron chi connectivity index (χ1n) is 6.28. The summed E-state index contributed by atoms with van der Waals surface area (Å²) < 4.78 is 1.68. The van der Waals surface area contributed by atoms with E-state index in [0.29, 0.717) is 5.69 Å². The van der Waals surface area contributed by atoms with Gasteiger partial charge >= 0.3 is 0 Å². The lowest BCUT2D eigenvalue weighted by Crippen LogP contribution is -2.32. The molecule has 1 N–H and O–H groups in total. The van der Waals surface area contributed by atoms with E-state index in [1.54, 1.807) is 41.2 Å². The molecule has 2 heterocycles. The van der Waals surface area contributed by atoms with Gasteiger partial charge in [0.1, 0.15) is 0 Å². The molecule has 0 bridgehead atoms. The van der Waals surface area contributed by atoms with Crippen LogP contribution in [0.5, 0.6) is 0 Å². The zero-order chi connectivity index (χ0) is 14.6. The molecule has 0 radical (unpaired) electrons. The van der Waals surface area contributed by atoms with E-state index in [-0.39, 0.29) is 5.91 Å². The van der Waals surface area contributed by atoms with Crippen molar-refractivity contribution in [3.05, 3.63) is 36.9 Å². The lowest BCUT2D eigenvalue weighted by molar-refractivity contribution is -0.122. The maximum atomic E-state index is 12.2. The van der Waals surface area contributed by atoms with Crippen molar-refractivity contribution >= 4 is 23.4 Å². The Labute approximate surface area is 122 Å². The van der Waals surface area contributed by atoms with Gasteiger partial charge in [-0.15, -0.1) is 0 Å². The van der Waals surface area contributed by atoms with Crippen LogP contribution >= 0.6 is 11.8 Å². The minimum Gasteiger partial charge on any atom is -0.323 e. The summed E-state index contributed by atoms with van der Waals surface area (Å²) in [6.45, 7) is 3.87. The summed E-state index contributed by atoms with van der Waals surface area (Å²) in [4.78, 5) is 16.2. The average Bonchev–Trinajstić information content (AvgIpc) is 2.88. The van der Waals surface area contributed by atoms with Crippen LogP contribution in [0.4, 0.5) is 5.69 Å². The second-order valence-corrected chi connectivity index (χ2v) is 6.02. The molecule has 0 unspecified atom stereocenters. The molecular formula is C14H18N4OS. The first kappa shape index (κ1) is 14.6. The Balaban J connectivity index is 2.09. The number of carbonyl (C=O) groups is 1. The van der Waals surface area contributed by atoms with Gasteiger partial charge in [0.05, 0.1) is 35.4 Å². The number of hydrogen-bond donors (Lipinski definition) is 1. The van der Waals surface area contributed by atoms with Crippen LogP contribution in [0.3, 0.4) is 0 Å². The summed E-state index contributed by atoms with van der Waals surface area (Å²) >= 11 is 1.66. The van der Waals surface area contributed by atoms with Crippen molar-refractivity contribution in [3.8, 4) is 5.69 Å². The van der Waals surface area contributed by atoms with Gasteiger partial charge in [0, 0.05) is 11.9 Å². The Hall–Kier alpha value is -1.82. The molecule has 6 heteroatoms. The van der Waals surface area contributed by atoms with Crippen molar-refractivity contribution in [1.29, 1.82) is 0 Å². The van der Waals surface area contributed by atoms with Gasteiger partial charge < -0.3 is 5.32 Å².